The van der Waals surface area contributed by atoms with Crippen LogP contribution in [-0.4, -0.2) is 14.5 Å². The first-order chi connectivity index (χ1) is 8.39. The summed E-state index contributed by atoms with van der Waals surface area (Å²) < 4.78 is 38.7. The molecule has 18 heavy (non-hydrogen) atoms. The summed E-state index contributed by atoms with van der Waals surface area (Å²) >= 11 is 4.84. The molecule has 0 saturated heterocycles. The SMILES string of the molecule is NC(=S)c1cccn1-c1ccc(C(F)(F)F)cn1. The van der Waals surface area contributed by atoms with Crippen molar-refractivity contribution in [3.05, 3.63) is 47.9 Å². The molecule has 0 aliphatic carbocycles. The van der Waals surface area contributed by atoms with Crippen LogP contribution in [0.15, 0.2) is 36.7 Å². The normalized spacial score (nSPS) is 11.5. The zero-order valence-electron chi connectivity index (χ0n) is 8.98. The summed E-state index contributed by atoms with van der Waals surface area (Å²) in [6, 6.07) is 5.59. The second kappa shape index (κ2) is 4.41. The molecule has 0 radical (unpaired) electrons. The summed E-state index contributed by atoms with van der Waals surface area (Å²) in [6.45, 7) is 0. The summed E-state index contributed by atoms with van der Waals surface area (Å²) in [4.78, 5) is 3.91. The molecule has 7 heteroatoms. The molecule has 0 aliphatic heterocycles. The number of hydrogen-bond acceptors (Lipinski definition) is 2. The average molecular weight is 271 g/mol. The number of nitrogens with zero attached hydrogens (tertiary/aromatic N) is 2. The van der Waals surface area contributed by atoms with E-state index in [1.165, 1.54) is 10.6 Å². The molecule has 2 N–H and O–H groups in total. The van der Waals surface area contributed by atoms with Crippen LogP contribution >= 0.6 is 12.2 Å². The summed E-state index contributed by atoms with van der Waals surface area (Å²) in [7, 11) is 0. The molecule has 2 rings (SSSR count). The van der Waals surface area contributed by atoms with Gasteiger partial charge in [0.25, 0.3) is 0 Å². The van der Waals surface area contributed by atoms with Crippen LogP contribution < -0.4 is 5.73 Å². The molecule has 0 aromatic carbocycles. The molecule has 0 saturated carbocycles. The van der Waals surface area contributed by atoms with Gasteiger partial charge in [-0.05, 0) is 24.3 Å². The van der Waals surface area contributed by atoms with Gasteiger partial charge in [0.2, 0.25) is 0 Å². The number of aromatic nitrogens is 2. The molecular formula is C11H8F3N3S. The van der Waals surface area contributed by atoms with Gasteiger partial charge in [0, 0.05) is 12.4 Å². The van der Waals surface area contributed by atoms with Gasteiger partial charge in [-0.15, -0.1) is 0 Å². The van der Waals surface area contributed by atoms with Gasteiger partial charge in [0.15, 0.2) is 0 Å². The molecule has 2 heterocycles. The van der Waals surface area contributed by atoms with Crippen LogP contribution in [-0.2, 0) is 6.18 Å². The molecule has 0 unspecified atom stereocenters. The Morgan fingerprint density at radius 3 is 2.50 bits per heavy atom. The Bertz CT molecular complexity index is 572. The van der Waals surface area contributed by atoms with Gasteiger partial charge in [-0.25, -0.2) is 4.98 Å². The third-order valence-electron chi connectivity index (χ3n) is 2.32. The van der Waals surface area contributed by atoms with E-state index < -0.39 is 11.7 Å². The Balaban J connectivity index is 2.41. The summed E-state index contributed by atoms with van der Waals surface area (Å²) in [6.07, 6.45) is -1.99. The lowest BCUT2D eigenvalue weighted by atomic mass is 10.3. The first-order valence-corrected chi connectivity index (χ1v) is 5.31. The molecule has 0 spiro atoms. The van der Waals surface area contributed by atoms with E-state index in [2.05, 4.69) is 4.98 Å². The highest BCUT2D eigenvalue weighted by Gasteiger charge is 2.30. The fourth-order valence-electron chi connectivity index (χ4n) is 1.48. The summed E-state index contributed by atoms with van der Waals surface area (Å²) in [5, 5.41) is 0. The van der Waals surface area contributed by atoms with Gasteiger partial charge in [-0.1, -0.05) is 12.2 Å². The van der Waals surface area contributed by atoms with Gasteiger partial charge in [0.1, 0.15) is 10.8 Å². The Labute approximate surface area is 106 Å². The van der Waals surface area contributed by atoms with Gasteiger partial charge < -0.3 is 5.73 Å². The van der Waals surface area contributed by atoms with Crippen LogP contribution in [0, 0.1) is 0 Å². The number of halogens is 3. The summed E-state index contributed by atoms with van der Waals surface area (Å²) in [5.74, 6) is 0.329. The molecule has 0 aliphatic rings. The van der Waals surface area contributed by atoms with Crippen molar-refractivity contribution < 1.29 is 13.2 Å². The fourth-order valence-corrected chi connectivity index (χ4v) is 1.64. The highest BCUT2D eigenvalue weighted by molar-refractivity contribution is 7.80. The molecule has 2 aromatic rings. The fraction of sp³-hybridized carbons (Fsp3) is 0.0909. The smallest absolute Gasteiger partial charge is 0.388 e. The van der Waals surface area contributed by atoms with Crippen molar-refractivity contribution in [1.82, 2.24) is 9.55 Å². The van der Waals surface area contributed by atoms with Crippen LogP contribution in [0.3, 0.4) is 0 Å². The first kappa shape index (κ1) is 12.6. The lowest BCUT2D eigenvalue weighted by Crippen LogP contribution is -2.15. The topological polar surface area (TPSA) is 43.8 Å². The molecule has 0 bridgehead atoms. The van der Waals surface area contributed by atoms with E-state index in [-0.39, 0.29) is 4.99 Å². The van der Waals surface area contributed by atoms with Crippen molar-refractivity contribution in [1.29, 1.82) is 0 Å². The summed E-state index contributed by atoms with van der Waals surface area (Å²) in [5.41, 5.74) is 5.23. The Kier molecular flexibility index (Phi) is 3.08. The van der Waals surface area contributed by atoms with E-state index >= 15 is 0 Å². The zero-order chi connectivity index (χ0) is 13.3. The van der Waals surface area contributed by atoms with E-state index in [9.17, 15) is 13.2 Å². The van der Waals surface area contributed by atoms with E-state index in [0.29, 0.717) is 11.5 Å². The number of hydrogen-bond donors (Lipinski definition) is 1. The third-order valence-corrected chi connectivity index (χ3v) is 2.53. The molecule has 0 atom stereocenters. The lowest BCUT2D eigenvalue weighted by molar-refractivity contribution is -0.137. The third kappa shape index (κ3) is 2.35. The van der Waals surface area contributed by atoms with Gasteiger partial charge in [0.05, 0.1) is 11.3 Å². The monoisotopic (exact) mass is 271 g/mol. The Morgan fingerprint density at radius 1 is 1.28 bits per heavy atom. The maximum absolute atomic E-state index is 12.4. The number of nitrogens with two attached hydrogens (primary N) is 1. The second-order valence-corrected chi connectivity index (χ2v) is 3.97. The minimum atomic E-state index is -4.39. The van der Waals surface area contributed by atoms with Crippen LogP contribution in [0.2, 0.25) is 0 Å². The number of alkyl halides is 3. The number of rotatable bonds is 2. The lowest BCUT2D eigenvalue weighted by Gasteiger charge is -2.09. The first-order valence-electron chi connectivity index (χ1n) is 4.90. The minimum Gasteiger partial charge on any atom is -0.388 e. The Hall–Kier alpha value is -1.89. The molecule has 2 aromatic heterocycles. The number of thiocarbonyl (C=S) groups is 1. The van der Waals surface area contributed by atoms with Crippen molar-refractivity contribution in [2.75, 3.05) is 0 Å². The van der Waals surface area contributed by atoms with Gasteiger partial charge >= 0.3 is 6.18 Å². The minimum absolute atomic E-state index is 0.154. The van der Waals surface area contributed by atoms with Crippen molar-refractivity contribution in [3.8, 4) is 5.82 Å². The standard InChI is InChI=1S/C11H8F3N3S/c12-11(13,14)7-3-4-9(16-6-7)17-5-1-2-8(17)10(15)18/h1-6H,(H2,15,18). The second-order valence-electron chi connectivity index (χ2n) is 3.53. The van der Waals surface area contributed by atoms with E-state index in [0.717, 1.165) is 12.3 Å². The quantitative estimate of drug-likeness (QED) is 0.854. The highest BCUT2D eigenvalue weighted by atomic mass is 32.1. The molecule has 3 nitrogen and oxygen atoms in total. The number of pyridine rings is 1. The molecular weight excluding hydrogens is 263 g/mol. The molecule has 94 valence electrons. The van der Waals surface area contributed by atoms with Crippen molar-refractivity contribution in [2.24, 2.45) is 5.73 Å². The predicted octanol–water partition coefficient (Wildman–Crippen LogP) is 2.53. The van der Waals surface area contributed by atoms with Crippen LogP contribution in [0.1, 0.15) is 11.3 Å². The van der Waals surface area contributed by atoms with Crippen molar-refractivity contribution in [2.45, 2.75) is 6.18 Å². The van der Waals surface area contributed by atoms with E-state index in [1.54, 1.807) is 18.3 Å². The molecule has 0 amide bonds. The zero-order valence-corrected chi connectivity index (χ0v) is 9.79. The Morgan fingerprint density at radius 2 is 2.00 bits per heavy atom. The largest absolute Gasteiger partial charge is 0.417 e. The highest BCUT2D eigenvalue weighted by Crippen LogP contribution is 2.28. The van der Waals surface area contributed by atoms with Gasteiger partial charge in [-0.2, -0.15) is 13.2 Å². The van der Waals surface area contributed by atoms with E-state index in [4.69, 9.17) is 18.0 Å². The maximum atomic E-state index is 12.4. The van der Waals surface area contributed by atoms with Crippen molar-refractivity contribution >= 4 is 17.2 Å². The van der Waals surface area contributed by atoms with Crippen LogP contribution in [0.5, 0.6) is 0 Å². The maximum Gasteiger partial charge on any atom is 0.417 e. The average Bonchev–Trinajstić information content (AvgIpc) is 2.77. The molecule has 0 fully saturated rings. The van der Waals surface area contributed by atoms with Crippen molar-refractivity contribution in [3.63, 3.8) is 0 Å². The van der Waals surface area contributed by atoms with E-state index in [1.807, 2.05) is 0 Å². The van der Waals surface area contributed by atoms with Crippen LogP contribution in [0.25, 0.3) is 5.82 Å². The predicted molar refractivity (Wildman–Crippen MR) is 64.5 cm³/mol. The van der Waals surface area contributed by atoms with Gasteiger partial charge in [-0.3, -0.25) is 4.57 Å². The van der Waals surface area contributed by atoms with Crippen LogP contribution in [0.4, 0.5) is 13.2 Å².